The third kappa shape index (κ3) is 2.29. The summed E-state index contributed by atoms with van der Waals surface area (Å²) in [4.78, 5) is 3.31. The first-order chi connectivity index (χ1) is 7.68. The highest BCUT2D eigenvalue weighted by atomic mass is 35.5. The number of nitrogens with one attached hydrogen (secondary N) is 2. The molecule has 2 nitrogen and oxygen atoms in total. The fraction of sp³-hybridized carbons (Fsp3) is 0.231. The van der Waals surface area contributed by atoms with E-state index in [1.54, 1.807) is 0 Å². The molecule has 0 atom stereocenters. The summed E-state index contributed by atoms with van der Waals surface area (Å²) >= 11 is 6.28. The Labute approximate surface area is 100 Å². The van der Waals surface area contributed by atoms with Crippen molar-refractivity contribution >= 4 is 22.5 Å². The van der Waals surface area contributed by atoms with Gasteiger partial charge in [0.25, 0.3) is 0 Å². The summed E-state index contributed by atoms with van der Waals surface area (Å²) in [6.45, 7) is 7.39. The number of halogens is 1. The summed E-state index contributed by atoms with van der Waals surface area (Å²) in [5.41, 5.74) is 3.23. The molecule has 0 radical (unpaired) electrons. The topological polar surface area (TPSA) is 27.8 Å². The maximum atomic E-state index is 6.28. The van der Waals surface area contributed by atoms with E-state index in [0.29, 0.717) is 0 Å². The number of fused-ring (bicyclic) bond motifs is 1. The maximum absolute atomic E-state index is 6.28. The van der Waals surface area contributed by atoms with E-state index in [4.69, 9.17) is 11.6 Å². The number of rotatable bonds is 4. The van der Waals surface area contributed by atoms with Crippen molar-refractivity contribution in [3.63, 3.8) is 0 Å². The summed E-state index contributed by atoms with van der Waals surface area (Å²) in [7, 11) is 0. The van der Waals surface area contributed by atoms with Gasteiger partial charge in [0.15, 0.2) is 0 Å². The van der Waals surface area contributed by atoms with Gasteiger partial charge in [0.05, 0.1) is 5.02 Å². The number of benzene rings is 1. The lowest BCUT2D eigenvalue weighted by atomic mass is 10.2. The minimum atomic E-state index is 0.736. The van der Waals surface area contributed by atoms with Gasteiger partial charge < -0.3 is 10.3 Å². The van der Waals surface area contributed by atoms with E-state index in [1.807, 2.05) is 31.2 Å². The third-order valence-corrected chi connectivity index (χ3v) is 2.87. The molecule has 1 aromatic carbocycles. The van der Waals surface area contributed by atoms with Crippen LogP contribution in [-0.4, -0.2) is 11.5 Å². The highest BCUT2D eigenvalue weighted by Gasteiger charge is 2.07. The number of para-hydroxylation sites is 1. The van der Waals surface area contributed by atoms with Crippen LogP contribution in [0.25, 0.3) is 10.9 Å². The fourth-order valence-corrected chi connectivity index (χ4v) is 1.97. The van der Waals surface area contributed by atoms with Crippen LogP contribution < -0.4 is 5.32 Å². The summed E-state index contributed by atoms with van der Waals surface area (Å²) in [5.74, 6) is 0. The van der Waals surface area contributed by atoms with Crippen molar-refractivity contribution in [3.8, 4) is 0 Å². The van der Waals surface area contributed by atoms with Crippen molar-refractivity contribution in [2.24, 2.45) is 0 Å². The van der Waals surface area contributed by atoms with Crippen LogP contribution in [0.5, 0.6) is 0 Å². The van der Waals surface area contributed by atoms with Crippen molar-refractivity contribution in [2.45, 2.75) is 13.5 Å². The molecule has 0 aliphatic rings. The van der Waals surface area contributed by atoms with Gasteiger partial charge in [0.1, 0.15) is 0 Å². The van der Waals surface area contributed by atoms with Gasteiger partial charge in [-0.3, -0.25) is 0 Å². The van der Waals surface area contributed by atoms with Crippen LogP contribution in [0.15, 0.2) is 36.4 Å². The molecular formula is C13H15ClN2. The normalized spacial score (nSPS) is 10.9. The Bertz CT molecular complexity index is 514. The number of hydrogen-bond donors (Lipinski definition) is 2. The average molecular weight is 235 g/mol. The van der Waals surface area contributed by atoms with Crippen LogP contribution in [-0.2, 0) is 6.54 Å². The Hall–Kier alpha value is -1.25. The zero-order valence-electron chi connectivity index (χ0n) is 9.31. The molecule has 0 saturated carbocycles. The van der Waals surface area contributed by atoms with Crippen molar-refractivity contribution in [2.75, 3.05) is 6.54 Å². The van der Waals surface area contributed by atoms with Gasteiger partial charge in [-0.25, -0.2) is 0 Å². The standard InChI is InChI=1S/C13H15ClN2/c1-9(2)7-15-8-12-13(14)10-5-3-4-6-11(10)16-12/h3-6,15-16H,1,7-8H2,2H3. The van der Waals surface area contributed by atoms with Gasteiger partial charge in [-0.15, -0.1) is 0 Å². The number of aromatic nitrogens is 1. The molecule has 3 heteroatoms. The van der Waals surface area contributed by atoms with E-state index in [-0.39, 0.29) is 0 Å². The second kappa shape index (κ2) is 4.73. The second-order valence-electron chi connectivity index (χ2n) is 4.02. The average Bonchev–Trinajstić information content (AvgIpc) is 2.56. The van der Waals surface area contributed by atoms with Crippen molar-refractivity contribution < 1.29 is 0 Å². The predicted octanol–water partition coefficient (Wildman–Crippen LogP) is 3.49. The smallest absolute Gasteiger partial charge is 0.0705 e. The van der Waals surface area contributed by atoms with Crippen LogP contribution in [0, 0.1) is 0 Å². The summed E-state index contributed by atoms with van der Waals surface area (Å²) in [6, 6.07) is 8.05. The van der Waals surface area contributed by atoms with Crippen LogP contribution >= 0.6 is 11.6 Å². The zero-order chi connectivity index (χ0) is 11.5. The monoisotopic (exact) mass is 234 g/mol. The van der Waals surface area contributed by atoms with Gasteiger partial charge in [-0.2, -0.15) is 0 Å². The van der Waals surface area contributed by atoms with Crippen molar-refractivity contribution in [1.82, 2.24) is 10.3 Å². The Morgan fingerprint density at radius 3 is 2.88 bits per heavy atom. The molecule has 0 fully saturated rings. The molecule has 2 rings (SSSR count). The minimum Gasteiger partial charge on any atom is -0.356 e. The SMILES string of the molecule is C=C(C)CNCc1[nH]c2ccccc2c1Cl. The van der Waals surface area contributed by atoms with E-state index in [0.717, 1.165) is 40.3 Å². The maximum Gasteiger partial charge on any atom is 0.0705 e. The largest absolute Gasteiger partial charge is 0.356 e. The summed E-state index contributed by atoms with van der Waals surface area (Å²) in [6.07, 6.45) is 0. The Kier molecular flexibility index (Phi) is 3.32. The van der Waals surface area contributed by atoms with Gasteiger partial charge in [0.2, 0.25) is 0 Å². The van der Waals surface area contributed by atoms with Gasteiger partial charge >= 0.3 is 0 Å². The lowest BCUT2D eigenvalue weighted by Gasteiger charge is -2.02. The molecule has 2 N–H and O–H groups in total. The van der Waals surface area contributed by atoms with Crippen LogP contribution in [0.4, 0.5) is 0 Å². The van der Waals surface area contributed by atoms with Crippen LogP contribution in [0.3, 0.4) is 0 Å². The Balaban J connectivity index is 2.18. The van der Waals surface area contributed by atoms with E-state index >= 15 is 0 Å². The molecule has 0 amide bonds. The second-order valence-corrected chi connectivity index (χ2v) is 4.40. The molecule has 0 spiro atoms. The van der Waals surface area contributed by atoms with E-state index in [1.165, 1.54) is 0 Å². The van der Waals surface area contributed by atoms with Crippen molar-refractivity contribution in [3.05, 3.63) is 47.1 Å². The lowest BCUT2D eigenvalue weighted by molar-refractivity contribution is 0.729. The van der Waals surface area contributed by atoms with Crippen LogP contribution in [0.1, 0.15) is 12.6 Å². The molecule has 0 saturated heterocycles. The first-order valence-corrected chi connectivity index (χ1v) is 5.66. The number of hydrogen-bond acceptors (Lipinski definition) is 1. The number of aromatic amines is 1. The first kappa shape index (κ1) is 11.2. The molecule has 1 aromatic heterocycles. The molecule has 2 aromatic rings. The molecule has 0 aliphatic heterocycles. The number of H-pyrrole nitrogens is 1. The van der Waals surface area contributed by atoms with E-state index < -0.39 is 0 Å². The van der Waals surface area contributed by atoms with Crippen LogP contribution in [0.2, 0.25) is 5.02 Å². The Morgan fingerprint density at radius 2 is 2.19 bits per heavy atom. The van der Waals surface area contributed by atoms with Crippen molar-refractivity contribution in [1.29, 1.82) is 0 Å². The molecule has 16 heavy (non-hydrogen) atoms. The third-order valence-electron chi connectivity index (χ3n) is 2.44. The van der Waals surface area contributed by atoms with Gasteiger partial charge in [0, 0.05) is 29.7 Å². The molecule has 0 unspecified atom stereocenters. The molecule has 1 heterocycles. The molecule has 0 bridgehead atoms. The Morgan fingerprint density at radius 1 is 1.44 bits per heavy atom. The molecule has 84 valence electrons. The quantitative estimate of drug-likeness (QED) is 0.779. The summed E-state index contributed by atoms with van der Waals surface area (Å²) < 4.78 is 0. The molecular weight excluding hydrogens is 220 g/mol. The lowest BCUT2D eigenvalue weighted by Crippen LogP contribution is -2.15. The minimum absolute atomic E-state index is 0.736. The first-order valence-electron chi connectivity index (χ1n) is 5.28. The van der Waals surface area contributed by atoms with E-state index in [2.05, 4.69) is 16.9 Å². The van der Waals surface area contributed by atoms with E-state index in [9.17, 15) is 0 Å². The van der Waals surface area contributed by atoms with Gasteiger partial charge in [-0.05, 0) is 13.0 Å². The summed E-state index contributed by atoms with van der Waals surface area (Å²) in [5, 5.41) is 5.18. The predicted molar refractivity (Wildman–Crippen MR) is 69.8 cm³/mol. The van der Waals surface area contributed by atoms with Gasteiger partial charge in [-0.1, -0.05) is 42.0 Å². The highest BCUT2D eigenvalue weighted by Crippen LogP contribution is 2.26. The fourth-order valence-electron chi connectivity index (χ4n) is 1.69. The molecule has 0 aliphatic carbocycles. The zero-order valence-corrected chi connectivity index (χ0v) is 10.1. The highest BCUT2D eigenvalue weighted by molar-refractivity contribution is 6.36.